The molecule has 1 aromatic rings. The average molecular weight is 383 g/mol. The van der Waals surface area contributed by atoms with Crippen LogP contribution in [-0.4, -0.2) is 49.0 Å². The molecule has 5 heteroatoms. The maximum atomic E-state index is 12.7. The average Bonchev–Trinajstić information content (AvgIpc) is 3.10. The van der Waals surface area contributed by atoms with Crippen LogP contribution in [0.1, 0.15) is 57.4 Å². The molecule has 0 radical (unpaired) electrons. The van der Waals surface area contributed by atoms with Crippen LogP contribution in [0, 0.1) is 5.92 Å². The Labute approximate surface area is 169 Å². The van der Waals surface area contributed by atoms with Crippen LogP contribution in [-0.2, 0) is 10.2 Å². The van der Waals surface area contributed by atoms with Gasteiger partial charge >= 0.3 is 0 Å². The highest BCUT2D eigenvalue weighted by Gasteiger charge is 2.44. The largest absolute Gasteiger partial charge is 0.357 e. The fourth-order valence-electron chi connectivity index (χ4n) is 4.73. The number of rotatable bonds is 6. The number of carbonyl (C=O) groups is 1. The van der Waals surface area contributed by atoms with Gasteiger partial charge in [-0.2, -0.15) is 0 Å². The number of carbonyl (C=O) groups excluding carboxylic acids is 1. The summed E-state index contributed by atoms with van der Waals surface area (Å²) in [6.45, 7) is 5.46. The first kappa shape index (κ1) is 19.3. The van der Waals surface area contributed by atoms with Crippen LogP contribution in [0.2, 0.25) is 0 Å². The Kier molecular flexibility index (Phi) is 5.88. The Morgan fingerprint density at radius 1 is 1.18 bits per heavy atom. The van der Waals surface area contributed by atoms with E-state index in [0.717, 1.165) is 51.4 Å². The normalized spacial score (nSPS) is 24.4. The molecule has 1 aromatic carbocycles. The zero-order valence-corrected chi connectivity index (χ0v) is 17.1. The van der Waals surface area contributed by atoms with Crippen molar-refractivity contribution in [3.05, 3.63) is 35.9 Å². The molecule has 3 aliphatic rings. The Morgan fingerprint density at radius 2 is 1.93 bits per heavy atom. The standard InChI is InChI=1S/C23H34N4O/c1-2-24-22(25-17-23(13-14-23)19-10-4-3-5-11-19)26-20-12-15-27(16-20)21(28)18-8-6-7-9-18/h3-5,10-11,18,20H,2,6-9,12-17H2,1H3,(H2,24,25,26). The summed E-state index contributed by atoms with van der Waals surface area (Å²) >= 11 is 0. The van der Waals surface area contributed by atoms with Crippen molar-refractivity contribution in [2.24, 2.45) is 10.9 Å². The number of nitrogens with zero attached hydrogens (tertiary/aromatic N) is 2. The summed E-state index contributed by atoms with van der Waals surface area (Å²) in [4.78, 5) is 19.7. The number of aliphatic imine (C=N–C) groups is 1. The summed E-state index contributed by atoms with van der Waals surface area (Å²) in [6, 6.07) is 11.1. The van der Waals surface area contributed by atoms with Gasteiger partial charge in [-0.25, -0.2) is 0 Å². The molecule has 0 aromatic heterocycles. The third-order valence-electron chi connectivity index (χ3n) is 6.67. The second kappa shape index (κ2) is 8.54. The number of hydrogen-bond acceptors (Lipinski definition) is 2. The zero-order chi connectivity index (χ0) is 19.4. The maximum Gasteiger partial charge on any atom is 0.225 e. The van der Waals surface area contributed by atoms with E-state index in [1.54, 1.807) is 0 Å². The Morgan fingerprint density at radius 3 is 2.61 bits per heavy atom. The highest BCUT2D eigenvalue weighted by atomic mass is 16.2. The Hall–Kier alpha value is -2.04. The third kappa shape index (κ3) is 4.34. The quantitative estimate of drug-likeness (QED) is 0.587. The molecule has 2 saturated carbocycles. The lowest BCUT2D eigenvalue weighted by Gasteiger charge is -2.22. The van der Waals surface area contributed by atoms with E-state index in [-0.39, 0.29) is 11.3 Å². The number of guanidine groups is 1. The SMILES string of the molecule is CCNC(=NCC1(c2ccccc2)CC1)NC1CCN(C(=O)C2CCCC2)C1. The van der Waals surface area contributed by atoms with Gasteiger partial charge in [0, 0.05) is 37.0 Å². The summed E-state index contributed by atoms with van der Waals surface area (Å²) < 4.78 is 0. The van der Waals surface area contributed by atoms with Crippen molar-refractivity contribution in [1.29, 1.82) is 0 Å². The predicted molar refractivity (Wildman–Crippen MR) is 113 cm³/mol. The number of amides is 1. The first-order valence-corrected chi connectivity index (χ1v) is 11.1. The minimum absolute atomic E-state index is 0.226. The molecule has 3 fully saturated rings. The molecule has 28 heavy (non-hydrogen) atoms. The van der Waals surface area contributed by atoms with Crippen LogP contribution in [0.5, 0.6) is 0 Å². The van der Waals surface area contributed by atoms with Crippen LogP contribution < -0.4 is 10.6 Å². The van der Waals surface area contributed by atoms with Crippen LogP contribution in [0.25, 0.3) is 0 Å². The third-order valence-corrected chi connectivity index (χ3v) is 6.67. The lowest BCUT2D eigenvalue weighted by atomic mass is 9.96. The van der Waals surface area contributed by atoms with Crippen molar-refractivity contribution in [1.82, 2.24) is 15.5 Å². The second-order valence-electron chi connectivity index (χ2n) is 8.74. The smallest absolute Gasteiger partial charge is 0.225 e. The lowest BCUT2D eigenvalue weighted by molar-refractivity contribution is -0.134. The molecule has 1 saturated heterocycles. The molecule has 2 aliphatic carbocycles. The molecule has 4 rings (SSSR count). The number of benzene rings is 1. The van der Waals surface area contributed by atoms with Crippen molar-refractivity contribution in [3.8, 4) is 0 Å². The number of likely N-dealkylation sites (tertiary alicyclic amines) is 1. The topological polar surface area (TPSA) is 56.7 Å². The first-order chi connectivity index (χ1) is 13.7. The van der Waals surface area contributed by atoms with Crippen molar-refractivity contribution >= 4 is 11.9 Å². The van der Waals surface area contributed by atoms with Crippen LogP contribution >= 0.6 is 0 Å². The fraction of sp³-hybridized carbons (Fsp3) is 0.652. The molecule has 1 amide bonds. The molecule has 1 unspecified atom stereocenters. The summed E-state index contributed by atoms with van der Waals surface area (Å²) in [5.41, 5.74) is 1.63. The highest BCUT2D eigenvalue weighted by Crippen LogP contribution is 2.48. The summed E-state index contributed by atoms with van der Waals surface area (Å²) in [6.07, 6.45) is 8.03. The van der Waals surface area contributed by atoms with Crippen LogP contribution in [0.15, 0.2) is 35.3 Å². The maximum absolute atomic E-state index is 12.7. The van der Waals surface area contributed by atoms with Crippen molar-refractivity contribution < 1.29 is 4.79 Å². The van der Waals surface area contributed by atoms with E-state index in [4.69, 9.17) is 4.99 Å². The second-order valence-corrected chi connectivity index (χ2v) is 8.74. The van der Waals surface area contributed by atoms with E-state index in [0.29, 0.717) is 11.9 Å². The fourth-order valence-corrected chi connectivity index (χ4v) is 4.73. The van der Waals surface area contributed by atoms with Crippen LogP contribution in [0.3, 0.4) is 0 Å². The van der Waals surface area contributed by atoms with Gasteiger partial charge in [0.2, 0.25) is 5.91 Å². The zero-order valence-electron chi connectivity index (χ0n) is 17.1. The van der Waals surface area contributed by atoms with E-state index >= 15 is 0 Å². The van der Waals surface area contributed by atoms with Crippen molar-refractivity contribution in [3.63, 3.8) is 0 Å². The Balaban J connectivity index is 1.34. The molecule has 1 aliphatic heterocycles. The number of hydrogen-bond donors (Lipinski definition) is 2. The van der Waals surface area contributed by atoms with E-state index in [1.807, 2.05) is 0 Å². The summed E-state index contributed by atoms with van der Waals surface area (Å²) in [5.74, 6) is 1.55. The van der Waals surface area contributed by atoms with E-state index < -0.39 is 0 Å². The molecule has 5 nitrogen and oxygen atoms in total. The highest BCUT2D eigenvalue weighted by molar-refractivity contribution is 5.81. The molecule has 1 atom stereocenters. The van der Waals surface area contributed by atoms with Crippen molar-refractivity contribution in [2.75, 3.05) is 26.2 Å². The summed E-state index contributed by atoms with van der Waals surface area (Å²) in [5, 5.41) is 6.99. The molecule has 152 valence electrons. The van der Waals surface area contributed by atoms with Gasteiger partial charge in [-0.3, -0.25) is 9.79 Å². The van der Waals surface area contributed by atoms with Gasteiger partial charge < -0.3 is 15.5 Å². The van der Waals surface area contributed by atoms with Gasteiger partial charge in [0.15, 0.2) is 5.96 Å². The predicted octanol–water partition coefficient (Wildman–Crippen LogP) is 3.06. The monoisotopic (exact) mass is 382 g/mol. The van der Waals surface area contributed by atoms with Gasteiger partial charge in [0.1, 0.15) is 0 Å². The van der Waals surface area contributed by atoms with Gasteiger partial charge in [-0.1, -0.05) is 43.2 Å². The first-order valence-electron chi connectivity index (χ1n) is 11.1. The molecular weight excluding hydrogens is 348 g/mol. The molecule has 1 heterocycles. The van der Waals surface area contributed by atoms with E-state index in [9.17, 15) is 4.79 Å². The van der Waals surface area contributed by atoms with Gasteiger partial charge in [-0.05, 0) is 44.6 Å². The van der Waals surface area contributed by atoms with E-state index in [1.165, 1.54) is 31.2 Å². The minimum Gasteiger partial charge on any atom is -0.357 e. The van der Waals surface area contributed by atoms with Gasteiger partial charge in [0.05, 0.1) is 6.54 Å². The molecule has 2 N–H and O–H groups in total. The molecule has 0 bridgehead atoms. The van der Waals surface area contributed by atoms with Crippen molar-refractivity contribution in [2.45, 2.75) is 63.3 Å². The minimum atomic E-state index is 0.226. The molecular formula is C23H34N4O. The van der Waals surface area contributed by atoms with Gasteiger partial charge in [-0.15, -0.1) is 0 Å². The van der Waals surface area contributed by atoms with Crippen LogP contribution in [0.4, 0.5) is 0 Å². The summed E-state index contributed by atoms with van der Waals surface area (Å²) in [7, 11) is 0. The molecule has 0 spiro atoms. The van der Waals surface area contributed by atoms with E-state index in [2.05, 4.69) is 52.8 Å². The Bertz CT molecular complexity index is 692. The lowest BCUT2D eigenvalue weighted by Crippen LogP contribution is -2.45. The number of nitrogens with one attached hydrogen (secondary N) is 2. The van der Waals surface area contributed by atoms with Gasteiger partial charge in [0.25, 0.3) is 0 Å².